The second-order valence-electron chi connectivity index (χ2n) is 3.40. The van der Waals surface area contributed by atoms with Gasteiger partial charge in [0.2, 0.25) is 5.78 Å². The van der Waals surface area contributed by atoms with Gasteiger partial charge in [0.15, 0.2) is 17.3 Å². The van der Waals surface area contributed by atoms with E-state index in [2.05, 4.69) is 0 Å². The number of hydrogen-bond donors (Lipinski definition) is 1. The number of carboxylic acid groups (broad SMARTS) is 1. The van der Waals surface area contributed by atoms with Gasteiger partial charge in [-0.05, 0) is 18.2 Å². The summed E-state index contributed by atoms with van der Waals surface area (Å²) in [5, 5.41) is 8.41. The van der Waals surface area contributed by atoms with E-state index >= 15 is 0 Å². The third kappa shape index (κ3) is 3.07. The summed E-state index contributed by atoms with van der Waals surface area (Å²) in [7, 11) is 2.86. The van der Waals surface area contributed by atoms with E-state index in [9.17, 15) is 14.4 Å². The topological polar surface area (TPSA) is 89.9 Å². The maximum atomic E-state index is 11.6. The van der Waals surface area contributed by atoms with Crippen LogP contribution in [0.25, 0.3) is 0 Å². The molecule has 0 aliphatic heterocycles. The Morgan fingerprint density at radius 2 is 1.72 bits per heavy atom. The molecule has 0 radical (unpaired) electrons. The number of Topliss-reactive ketones (excluding diaryl/α,β-unsaturated/α-hetero) is 2. The number of methoxy groups -OCH3 is 2. The van der Waals surface area contributed by atoms with Crippen LogP contribution < -0.4 is 9.47 Å². The Bertz CT molecular complexity index is 491. The summed E-state index contributed by atoms with van der Waals surface area (Å²) in [6.07, 6.45) is -0.676. The fourth-order valence-corrected chi connectivity index (χ4v) is 1.33. The number of ether oxygens (including phenoxy) is 2. The largest absolute Gasteiger partial charge is 0.493 e. The first-order chi connectivity index (χ1) is 8.49. The standard InChI is InChI=1S/C12H12O6/c1-17-10-4-3-7(5-11(10)18-2)8(13)6-9(14)12(15)16/h3-5H,6H2,1-2H3,(H,15,16). The molecule has 1 aromatic rings. The Morgan fingerprint density at radius 1 is 1.11 bits per heavy atom. The summed E-state index contributed by atoms with van der Waals surface area (Å²) < 4.78 is 9.99. The Hall–Kier alpha value is -2.37. The number of benzene rings is 1. The van der Waals surface area contributed by atoms with Crippen molar-refractivity contribution in [2.24, 2.45) is 0 Å². The lowest BCUT2D eigenvalue weighted by Gasteiger charge is -2.08. The van der Waals surface area contributed by atoms with Crippen LogP contribution in [0.1, 0.15) is 16.8 Å². The molecule has 0 atom stereocenters. The van der Waals surface area contributed by atoms with E-state index in [0.29, 0.717) is 11.5 Å². The first-order valence-corrected chi connectivity index (χ1v) is 5.01. The second kappa shape index (κ2) is 5.81. The highest BCUT2D eigenvalue weighted by Gasteiger charge is 2.18. The summed E-state index contributed by atoms with van der Waals surface area (Å²) in [6, 6.07) is 4.35. The van der Waals surface area contributed by atoms with E-state index in [1.807, 2.05) is 0 Å². The lowest BCUT2D eigenvalue weighted by atomic mass is 10.1. The van der Waals surface area contributed by atoms with E-state index in [-0.39, 0.29) is 5.56 Å². The van der Waals surface area contributed by atoms with Gasteiger partial charge in [-0.2, -0.15) is 0 Å². The molecule has 0 spiro atoms. The van der Waals surface area contributed by atoms with Gasteiger partial charge in [0, 0.05) is 5.56 Å². The summed E-state index contributed by atoms with van der Waals surface area (Å²) in [4.78, 5) is 32.9. The van der Waals surface area contributed by atoms with Gasteiger partial charge in [-0.3, -0.25) is 9.59 Å². The average molecular weight is 252 g/mol. The van der Waals surface area contributed by atoms with Crippen LogP contribution in [0.3, 0.4) is 0 Å². The molecule has 0 aliphatic carbocycles. The zero-order valence-corrected chi connectivity index (χ0v) is 9.93. The van der Waals surface area contributed by atoms with Gasteiger partial charge in [0.25, 0.3) is 0 Å². The van der Waals surface area contributed by atoms with Crippen LogP contribution >= 0.6 is 0 Å². The van der Waals surface area contributed by atoms with Crippen molar-refractivity contribution in [3.05, 3.63) is 23.8 Å². The predicted octanol–water partition coefficient (Wildman–Crippen LogP) is 0.930. The molecular weight excluding hydrogens is 240 g/mol. The minimum atomic E-state index is -1.62. The van der Waals surface area contributed by atoms with Crippen molar-refractivity contribution in [2.45, 2.75) is 6.42 Å². The SMILES string of the molecule is COc1ccc(C(=O)CC(=O)C(=O)O)cc1OC. The summed E-state index contributed by atoms with van der Waals surface area (Å²) in [5.41, 5.74) is 0.197. The van der Waals surface area contributed by atoms with Crippen LogP contribution in [-0.2, 0) is 9.59 Å². The average Bonchev–Trinajstić information content (AvgIpc) is 2.37. The minimum absolute atomic E-state index is 0.197. The summed E-state index contributed by atoms with van der Waals surface area (Å²) in [5.74, 6) is -2.56. The van der Waals surface area contributed by atoms with Crippen molar-refractivity contribution in [1.29, 1.82) is 0 Å². The molecule has 1 aromatic carbocycles. The number of carbonyl (C=O) groups is 3. The molecule has 18 heavy (non-hydrogen) atoms. The molecular formula is C12H12O6. The molecule has 1 N–H and O–H groups in total. The van der Waals surface area contributed by atoms with E-state index in [1.54, 1.807) is 0 Å². The van der Waals surface area contributed by atoms with E-state index in [1.165, 1.54) is 32.4 Å². The lowest BCUT2D eigenvalue weighted by Crippen LogP contribution is -2.17. The van der Waals surface area contributed by atoms with E-state index in [4.69, 9.17) is 14.6 Å². The van der Waals surface area contributed by atoms with Gasteiger partial charge in [-0.15, -0.1) is 0 Å². The third-order valence-electron chi connectivity index (χ3n) is 2.27. The Kier molecular flexibility index (Phi) is 4.42. The quantitative estimate of drug-likeness (QED) is 0.460. The molecule has 0 aliphatic rings. The van der Waals surface area contributed by atoms with Crippen LogP contribution in [-0.4, -0.2) is 36.9 Å². The molecule has 0 saturated heterocycles. The molecule has 0 unspecified atom stereocenters. The first-order valence-electron chi connectivity index (χ1n) is 5.01. The minimum Gasteiger partial charge on any atom is -0.493 e. The normalized spacial score (nSPS) is 9.67. The predicted molar refractivity (Wildman–Crippen MR) is 61.1 cm³/mol. The fraction of sp³-hybridized carbons (Fsp3) is 0.250. The number of hydrogen-bond acceptors (Lipinski definition) is 5. The zero-order chi connectivity index (χ0) is 13.7. The molecule has 0 aromatic heterocycles. The van der Waals surface area contributed by atoms with Crippen LogP contribution in [0, 0.1) is 0 Å². The maximum absolute atomic E-state index is 11.6. The Labute approximate surface area is 103 Å². The molecule has 96 valence electrons. The zero-order valence-electron chi connectivity index (χ0n) is 9.93. The molecule has 0 amide bonds. The molecule has 0 saturated carbocycles. The van der Waals surface area contributed by atoms with Gasteiger partial charge in [-0.25, -0.2) is 4.79 Å². The number of aliphatic carboxylic acids is 1. The highest BCUT2D eigenvalue weighted by molar-refractivity contribution is 6.37. The first kappa shape index (κ1) is 13.7. The Morgan fingerprint density at radius 3 is 2.22 bits per heavy atom. The van der Waals surface area contributed by atoms with Crippen molar-refractivity contribution in [2.75, 3.05) is 14.2 Å². The van der Waals surface area contributed by atoms with Gasteiger partial charge in [-0.1, -0.05) is 0 Å². The van der Waals surface area contributed by atoms with Gasteiger partial charge >= 0.3 is 5.97 Å². The molecule has 0 fully saturated rings. The van der Waals surface area contributed by atoms with Crippen LogP contribution in [0.2, 0.25) is 0 Å². The van der Waals surface area contributed by atoms with Crippen molar-refractivity contribution >= 4 is 17.5 Å². The monoisotopic (exact) mass is 252 g/mol. The summed E-state index contributed by atoms with van der Waals surface area (Å²) >= 11 is 0. The molecule has 0 heterocycles. The number of ketones is 2. The smallest absolute Gasteiger partial charge is 0.372 e. The van der Waals surface area contributed by atoms with Gasteiger partial charge in [0.1, 0.15) is 0 Å². The highest BCUT2D eigenvalue weighted by Crippen LogP contribution is 2.27. The third-order valence-corrected chi connectivity index (χ3v) is 2.27. The van der Waals surface area contributed by atoms with Crippen LogP contribution in [0.15, 0.2) is 18.2 Å². The maximum Gasteiger partial charge on any atom is 0.372 e. The number of carbonyl (C=O) groups excluding carboxylic acids is 2. The fourth-order valence-electron chi connectivity index (χ4n) is 1.33. The van der Waals surface area contributed by atoms with Crippen molar-refractivity contribution in [3.63, 3.8) is 0 Å². The van der Waals surface area contributed by atoms with E-state index in [0.717, 1.165) is 0 Å². The molecule has 1 rings (SSSR count). The van der Waals surface area contributed by atoms with Crippen molar-refractivity contribution in [1.82, 2.24) is 0 Å². The molecule has 6 nitrogen and oxygen atoms in total. The van der Waals surface area contributed by atoms with Crippen LogP contribution in [0.5, 0.6) is 11.5 Å². The second-order valence-corrected chi connectivity index (χ2v) is 3.40. The number of rotatable bonds is 6. The summed E-state index contributed by atoms with van der Waals surface area (Å²) in [6.45, 7) is 0. The molecule has 0 bridgehead atoms. The van der Waals surface area contributed by atoms with Gasteiger partial charge in [0.05, 0.1) is 20.6 Å². The highest BCUT2D eigenvalue weighted by atomic mass is 16.5. The number of carboxylic acids is 1. The van der Waals surface area contributed by atoms with E-state index < -0.39 is 24.0 Å². The lowest BCUT2D eigenvalue weighted by molar-refractivity contribution is -0.148. The van der Waals surface area contributed by atoms with Gasteiger partial charge < -0.3 is 14.6 Å². The van der Waals surface area contributed by atoms with Crippen molar-refractivity contribution in [3.8, 4) is 11.5 Å². The molecule has 6 heteroatoms. The van der Waals surface area contributed by atoms with Crippen molar-refractivity contribution < 1.29 is 29.0 Å². The Balaban J connectivity index is 2.93. The van der Waals surface area contributed by atoms with Crippen LogP contribution in [0.4, 0.5) is 0 Å².